The van der Waals surface area contributed by atoms with Crippen molar-refractivity contribution in [2.24, 2.45) is 0 Å². The van der Waals surface area contributed by atoms with Gasteiger partial charge in [0.05, 0.1) is 11.8 Å². The van der Waals surface area contributed by atoms with E-state index < -0.39 is 0 Å². The summed E-state index contributed by atoms with van der Waals surface area (Å²) in [5.74, 6) is 0.958. The Bertz CT molecular complexity index is 1040. The third kappa shape index (κ3) is 3.38. The molecule has 1 unspecified atom stereocenters. The molecule has 8 nitrogen and oxygen atoms in total. The van der Waals surface area contributed by atoms with Gasteiger partial charge in [0.25, 0.3) is 0 Å². The van der Waals surface area contributed by atoms with Crippen LogP contribution in [0.1, 0.15) is 37.8 Å². The maximum Gasteiger partial charge on any atom is 0.194 e. The number of hydrogen-bond donors (Lipinski definition) is 2. The van der Waals surface area contributed by atoms with Crippen LogP contribution in [-0.4, -0.2) is 41.8 Å². The molecule has 2 atom stereocenters. The first kappa shape index (κ1) is 17.0. The molecule has 2 aliphatic heterocycles. The highest BCUT2D eigenvalue weighted by atomic mass is 16.1. The van der Waals surface area contributed by atoms with Gasteiger partial charge in [-0.3, -0.25) is 9.36 Å². The molecule has 2 N–H and O–H groups in total. The maximum atomic E-state index is 12.5. The Hall–Kier alpha value is -3.13. The average Bonchev–Trinajstić information content (AvgIpc) is 3.23. The Morgan fingerprint density at radius 1 is 1.18 bits per heavy atom. The molecule has 5 rings (SSSR count). The number of rotatable bonds is 3. The normalized spacial score (nSPS) is 23.1. The second-order valence-electron chi connectivity index (χ2n) is 7.48. The Labute approximate surface area is 161 Å². The van der Waals surface area contributed by atoms with Crippen LogP contribution in [0.5, 0.6) is 0 Å². The minimum absolute atomic E-state index is 0.165. The van der Waals surface area contributed by atoms with E-state index in [4.69, 9.17) is 0 Å². The maximum absolute atomic E-state index is 12.5. The van der Waals surface area contributed by atoms with Gasteiger partial charge in [0.2, 0.25) is 0 Å². The molecule has 0 saturated carbocycles. The molecular weight excluding hydrogens is 354 g/mol. The fourth-order valence-corrected chi connectivity index (χ4v) is 4.14. The average molecular weight is 375 g/mol. The van der Waals surface area contributed by atoms with E-state index in [0.29, 0.717) is 29.3 Å². The summed E-state index contributed by atoms with van der Waals surface area (Å²) >= 11 is 0. The van der Waals surface area contributed by atoms with Gasteiger partial charge in [0.15, 0.2) is 11.3 Å². The molecule has 0 radical (unpaired) electrons. The van der Waals surface area contributed by atoms with Gasteiger partial charge in [-0.15, -0.1) is 10.2 Å². The second-order valence-corrected chi connectivity index (χ2v) is 7.48. The van der Waals surface area contributed by atoms with Gasteiger partial charge in [-0.2, -0.15) is 0 Å². The highest BCUT2D eigenvalue weighted by Crippen LogP contribution is 2.30. The molecule has 2 fully saturated rings. The van der Waals surface area contributed by atoms with E-state index in [2.05, 4.69) is 36.5 Å². The van der Waals surface area contributed by atoms with Crippen LogP contribution < -0.4 is 10.7 Å². The third-order valence-electron chi connectivity index (χ3n) is 5.45. The first-order valence-corrected chi connectivity index (χ1v) is 9.61. The zero-order valence-electron chi connectivity index (χ0n) is 15.4. The molecule has 2 aliphatic rings. The van der Waals surface area contributed by atoms with Gasteiger partial charge in [-0.25, -0.2) is 9.97 Å². The number of nitrogens with one attached hydrogen (secondary N) is 2. The number of hydrogen-bond acceptors (Lipinski definition) is 6. The SMILES string of the molecule is O=c1cc(-n2ccnc2)[nH]cc1-c1ncc(C=C2CC3CCC[C@H](C2)N3)nn1. The minimum Gasteiger partial charge on any atom is -0.347 e. The van der Waals surface area contributed by atoms with Gasteiger partial charge >= 0.3 is 0 Å². The summed E-state index contributed by atoms with van der Waals surface area (Å²) in [5, 5.41) is 12.1. The van der Waals surface area contributed by atoms with E-state index in [1.807, 2.05) is 0 Å². The minimum atomic E-state index is -0.165. The van der Waals surface area contributed by atoms with Crippen LogP contribution >= 0.6 is 0 Å². The molecule has 0 spiro atoms. The number of aromatic nitrogens is 6. The number of piperidine rings is 2. The number of H-pyrrole nitrogens is 1. The summed E-state index contributed by atoms with van der Waals surface area (Å²) in [6.07, 6.45) is 16.4. The Balaban J connectivity index is 1.37. The molecule has 142 valence electrons. The fraction of sp³-hybridized carbons (Fsp3) is 0.350. The number of fused-ring (bicyclic) bond motifs is 2. The molecule has 0 aromatic carbocycles. The van der Waals surface area contributed by atoms with Crippen LogP contribution in [0.25, 0.3) is 23.3 Å². The second kappa shape index (κ2) is 7.12. The van der Waals surface area contributed by atoms with Crippen LogP contribution in [0.4, 0.5) is 0 Å². The number of imidazole rings is 1. The number of aromatic amines is 1. The summed E-state index contributed by atoms with van der Waals surface area (Å²) in [5.41, 5.74) is 2.37. The molecule has 3 aromatic heterocycles. The van der Waals surface area contributed by atoms with Gasteiger partial charge in [-0.05, 0) is 31.8 Å². The van der Waals surface area contributed by atoms with Crippen molar-refractivity contribution in [2.75, 3.05) is 0 Å². The van der Waals surface area contributed by atoms with E-state index in [9.17, 15) is 4.79 Å². The lowest BCUT2D eigenvalue weighted by molar-refractivity contribution is 0.283. The van der Waals surface area contributed by atoms with E-state index in [1.165, 1.54) is 30.9 Å². The molecule has 2 saturated heterocycles. The van der Waals surface area contributed by atoms with Gasteiger partial charge < -0.3 is 10.3 Å². The van der Waals surface area contributed by atoms with Crippen LogP contribution in [0.2, 0.25) is 0 Å². The topological polar surface area (TPSA) is 101 Å². The van der Waals surface area contributed by atoms with Crippen molar-refractivity contribution in [3.05, 3.63) is 58.7 Å². The quantitative estimate of drug-likeness (QED) is 0.727. The van der Waals surface area contributed by atoms with E-state index in [0.717, 1.165) is 18.5 Å². The fourth-order valence-electron chi connectivity index (χ4n) is 4.14. The van der Waals surface area contributed by atoms with Crippen LogP contribution in [-0.2, 0) is 0 Å². The van der Waals surface area contributed by atoms with E-state index in [-0.39, 0.29) is 5.43 Å². The van der Waals surface area contributed by atoms with E-state index in [1.54, 1.807) is 35.7 Å². The van der Waals surface area contributed by atoms with Crippen LogP contribution in [0.15, 0.2) is 47.5 Å². The van der Waals surface area contributed by atoms with Crippen molar-refractivity contribution in [1.29, 1.82) is 0 Å². The first-order chi connectivity index (χ1) is 13.7. The molecule has 5 heterocycles. The summed E-state index contributed by atoms with van der Waals surface area (Å²) in [6, 6.07) is 2.68. The Kier molecular flexibility index (Phi) is 4.32. The first-order valence-electron chi connectivity index (χ1n) is 9.61. The standard InChI is InChI=1S/C20H21N7O/c28-18-9-19(27-5-4-21-12-27)22-11-17(18)20-23-10-16(25-26-20)8-13-6-14-2-1-3-15(7-13)24-14/h4-5,8-12,14-15,24H,1-3,6-7H2,(H,22,28)/t14-,15?/m1/s1. The summed E-state index contributed by atoms with van der Waals surface area (Å²) in [7, 11) is 0. The van der Waals surface area contributed by atoms with Crippen molar-refractivity contribution in [2.45, 2.75) is 44.2 Å². The van der Waals surface area contributed by atoms with Crippen LogP contribution in [0, 0.1) is 0 Å². The smallest absolute Gasteiger partial charge is 0.194 e. The van der Waals surface area contributed by atoms with Crippen molar-refractivity contribution < 1.29 is 0 Å². The number of pyridine rings is 1. The summed E-state index contributed by atoms with van der Waals surface area (Å²) < 4.78 is 1.73. The van der Waals surface area contributed by atoms with Gasteiger partial charge in [0.1, 0.15) is 17.8 Å². The predicted octanol–water partition coefficient (Wildman–Crippen LogP) is 2.10. The van der Waals surface area contributed by atoms with E-state index >= 15 is 0 Å². The van der Waals surface area contributed by atoms with Crippen molar-refractivity contribution in [3.63, 3.8) is 0 Å². The zero-order valence-corrected chi connectivity index (χ0v) is 15.4. The molecule has 3 aromatic rings. The molecule has 2 bridgehead atoms. The lowest BCUT2D eigenvalue weighted by Gasteiger charge is -2.37. The predicted molar refractivity (Wildman–Crippen MR) is 105 cm³/mol. The zero-order chi connectivity index (χ0) is 18.9. The lowest BCUT2D eigenvalue weighted by atomic mass is 9.83. The lowest BCUT2D eigenvalue weighted by Crippen LogP contribution is -2.46. The molecule has 28 heavy (non-hydrogen) atoms. The summed E-state index contributed by atoms with van der Waals surface area (Å²) in [4.78, 5) is 23.9. The molecule has 0 amide bonds. The summed E-state index contributed by atoms with van der Waals surface area (Å²) in [6.45, 7) is 0. The molecular formula is C20H21N7O. The van der Waals surface area contributed by atoms with Gasteiger partial charge in [0, 0.05) is 36.7 Å². The highest BCUT2D eigenvalue weighted by Gasteiger charge is 2.27. The molecule has 8 heteroatoms. The van der Waals surface area contributed by atoms with Gasteiger partial charge in [-0.1, -0.05) is 12.0 Å². The van der Waals surface area contributed by atoms with Crippen molar-refractivity contribution >= 4 is 6.08 Å². The Morgan fingerprint density at radius 2 is 2.04 bits per heavy atom. The number of nitrogens with zero attached hydrogens (tertiary/aromatic N) is 5. The molecule has 0 aliphatic carbocycles. The largest absolute Gasteiger partial charge is 0.347 e. The third-order valence-corrected chi connectivity index (χ3v) is 5.45. The van der Waals surface area contributed by atoms with Crippen molar-refractivity contribution in [1.82, 2.24) is 35.0 Å². The van der Waals surface area contributed by atoms with Crippen LogP contribution in [0.3, 0.4) is 0 Å². The Morgan fingerprint density at radius 3 is 2.71 bits per heavy atom. The highest BCUT2D eigenvalue weighted by molar-refractivity contribution is 5.55. The van der Waals surface area contributed by atoms with Crippen molar-refractivity contribution in [3.8, 4) is 17.2 Å². The monoisotopic (exact) mass is 375 g/mol.